The Labute approximate surface area is 55.3 Å². The van der Waals surface area contributed by atoms with Crippen LogP contribution in [-0.4, -0.2) is 17.5 Å². The first-order valence-corrected chi connectivity index (χ1v) is 3.80. The Bertz CT molecular complexity index is 63.5. The van der Waals surface area contributed by atoms with Gasteiger partial charge in [-0.05, 0) is 6.92 Å². The van der Waals surface area contributed by atoms with Crippen LogP contribution < -0.4 is 5.73 Å². The Balaban J connectivity index is 2.98. The quantitative estimate of drug-likeness (QED) is 0.581. The van der Waals surface area contributed by atoms with E-state index < -0.39 is 0 Å². The third kappa shape index (κ3) is 4.22. The molecule has 8 heavy (non-hydrogen) atoms. The van der Waals surface area contributed by atoms with E-state index in [0.717, 1.165) is 12.3 Å². The Morgan fingerprint density at radius 1 is 1.88 bits per heavy atom. The molecule has 0 saturated carbocycles. The van der Waals surface area contributed by atoms with Crippen molar-refractivity contribution in [3.63, 3.8) is 0 Å². The second kappa shape index (κ2) is 5.19. The third-order valence-electron chi connectivity index (χ3n) is 0.831. The van der Waals surface area contributed by atoms with Gasteiger partial charge in [0, 0.05) is 17.5 Å². The molecule has 0 fully saturated rings. The fourth-order valence-electron chi connectivity index (χ4n) is 0.322. The highest BCUT2D eigenvalue weighted by Gasteiger charge is 1.91. The van der Waals surface area contributed by atoms with Crippen molar-refractivity contribution in [1.29, 1.82) is 0 Å². The molecule has 2 heteroatoms. The van der Waals surface area contributed by atoms with Crippen molar-refractivity contribution in [2.24, 2.45) is 5.73 Å². The van der Waals surface area contributed by atoms with E-state index in [1.54, 1.807) is 0 Å². The summed E-state index contributed by atoms with van der Waals surface area (Å²) in [6.07, 6.45) is 1.93. The van der Waals surface area contributed by atoms with Crippen LogP contribution in [0.15, 0.2) is 12.7 Å². The summed E-state index contributed by atoms with van der Waals surface area (Å²) >= 11 is 1.83. The molecule has 1 unspecified atom stereocenters. The van der Waals surface area contributed by atoms with Crippen LogP contribution in [0.2, 0.25) is 0 Å². The fraction of sp³-hybridized carbons (Fsp3) is 0.667. The van der Waals surface area contributed by atoms with Crippen molar-refractivity contribution < 1.29 is 0 Å². The number of thioether (sulfide) groups is 1. The summed E-state index contributed by atoms with van der Waals surface area (Å²) in [5.41, 5.74) is 5.28. The van der Waals surface area contributed by atoms with Gasteiger partial charge in [-0.15, -0.1) is 6.58 Å². The molecule has 1 nitrogen and oxygen atoms in total. The van der Waals surface area contributed by atoms with E-state index in [0.29, 0.717) is 5.25 Å². The zero-order chi connectivity index (χ0) is 6.41. The Morgan fingerprint density at radius 2 is 2.50 bits per heavy atom. The molecule has 0 saturated heterocycles. The van der Waals surface area contributed by atoms with Crippen LogP contribution in [0.4, 0.5) is 0 Å². The van der Waals surface area contributed by atoms with Gasteiger partial charge in [-0.2, -0.15) is 11.8 Å². The lowest BCUT2D eigenvalue weighted by molar-refractivity contribution is 1.14. The van der Waals surface area contributed by atoms with Gasteiger partial charge in [0.2, 0.25) is 0 Å². The Morgan fingerprint density at radius 3 is 2.88 bits per heavy atom. The predicted molar refractivity (Wildman–Crippen MR) is 41.2 cm³/mol. The van der Waals surface area contributed by atoms with Gasteiger partial charge in [-0.3, -0.25) is 0 Å². The van der Waals surface area contributed by atoms with E-state index in [1.807, 2.05) is 17.8 Å². The molecule has 2 N–H and O–H groups in total. The lowest BCUT2D eigenvalue weighted by Crippen LogP contribution is -2.04. The van der Waals surface area contributed by atoms with E-state index in [1.165, 1.54) is 0 Å². The normalized spacial score (nSPS) is 13.2. The minimum atomic E-state index is 0.554. The number of hydrogen-bond acceptors (Lipinski definition) is 2. The standard InChI is InChI=1S/C6H13NS/c1-3-6(2)8-5-4-7/h3,6H,1,4-5,7H2,2H3. The molecule has 0 aliphatic rings. The zero-order valence-corrected chi connectivity index (χ0v) is 6.08. The smallest absolute Gasteiger partial charge is 0.0196 e. The number of rotatable bonds is 4. The van der Waals surface area contributed by atoms with Crippen LogP contribution in [0.1, 0.15) is 6.92 Å². The lowest BCUT2D eigenvalue weighted by atomic mass is 10.5. The highest BCUT2D eigenvalue weighted by molar-refractivity contribution is 8.00. The van der Waals surface area contributed by atoms with Crippen molar-refractivity contribution >= 4 is 11.8 Å². The molecular formula is C6H13NS. The SMILES string of the molecule is C=CC(C)SCCN. The van der Waals surface area contributed by atoms with Crippen LogP contribution in [0.3, 0.4) is 0 Å². The van der Waals surface area contributed by atoms with Crippen molar-refractivity contribution in [3.05, 3.63) is 12.7 Å². The minimum Gasteiger partial charge on any atom is -0.330 e. The molecule has 0 aromatic heterocycles. The van der Waals surface area contributed by atoms with Crippen LogP contribution in [-0.2, 0) is 0 Å². The molecule has 0 spiro atoms. The lowest BCUT2D eigenvalue weighted by Gasteiger charge is -2.01. The number of nitrogens with two attached hydrogens (primary N) is 1. The van der Waals surface area contributed by atoms with Gasteiger partial charge in [-0.25, -0.2) is 0 Å². The summed E-state index contributed by atoms with van der Waals surface area (Å²) in [7, 11) is 0. The van der Waals surface area contributed by atoms with Crippen molar-refractivity contribution in [2.45, 2.75) is 12.2 Å². The maximum atomic E-state index is 5.28. The van der Waals surface area contributed by atoms with Gasteiger partial charge in [-0.1, -0.05) is 6.08 Å². The molecule has 0 aromatic rings. The van der Waals surface area contributed by atoms with Crippen LogP contribution in [0.5, 0.6) is 0 Å². The summed E-state index contributed by atoms with van der Waals surface area (Å²) in [5, 5.41) is 0.554. The van der Waals surface area contributed by atoms with Crippen molar-refractivity contribution in [3.8, 4) is 0 Å². The zero-order valence-electron chi connectivity index (χ0n) is 5.26. The second-order valence-electron chi connectivity index (χ2n) is 1.60. The molecule has 0 aliphatic heterocycles. The first-order valence-electron chi connectivity index (χ1n) is 2.75. The van der Waals surface area contributed by atoms with E-state index in [-0.39, 0.29) is 0 Å². The summed E-state index contributed by atoms with van der Waals surface area (Å²) < 4.78 is 0. The molecule has 0 amide bonds. The maximum absolute atomic E-state index is 5.28. The highest BCUT2D eigenvalue weighted by atomic mass is 32.2. The highest BCUT2D eigenvalue weighted by Crippen LogP contribution is 2.08. The van der Waals surface area contributed by atoms with E-state index in [9.17, 15) is 0 Å². The molecule has 0 aromatic carbocycles. The van der Waals surface area contributed by atoms with Crippen molar-refractivity contribution in [2.75, 3.05) is 12.3 Å². The summed E-state index contributed by atoms with van der Waals surface area (Å²) in [4.78, 5) is 0. The van der Waals surface area contributed by atoms with Crippen LogP contribution in [0.25, 0.3) is 0 Å². The predicted octanol–water partition coefficient (Wildman–Crippen LogP) is 1.25. The largest absolute Gasteiger partial charge is 0.330 e. The maximum Gasteiger partial charge on any atom is 0.0196 e. The molecule has 48 valence electrons. The summed E-state index contributed by atoms with van der Waals surface area (Å²) in [6, 6.07) is 0. The minimum absolute atomic E-state index is 0.554. The molecule has 0 heterocycles. The molecule has 0 bridgehead atoms. The van der Waals surface area contributed by atoms with Gasteiger partial charge in [0.25, 0.3) is 0 Å². The van der Waals surface area contributed by atoms with E-state index in [4.69, 9.17) is 5.73 Å². The van der Waals surface area contributed by atoms with E-state index in [2.05, 4.69) is 13.5 Å². The van der Waals surface area contributed by atoms with Gasteiger partial charge in [0.1, 0.15) is 0 Å². The molecule has 1 atom stereocenters. The van der Waals surface area contributed by atoms with Gasteiger partial charge < -0.3 is 5.73 Å². The van der Waals surface area contributed by atoms with E-state index >= 15 is 0 Å². The first kappa shape index (κ1) is 8.05. The number of hydrogen-bond donors (Lipinski definition) is 1. The summed E-state index contributed by atoms with van der Waals surface area (Å²) in [6.45, 7) is 6.54. The van der Waals surface area contributed by atoms with Gasteiger partial charge in [0.05, 0.1) is 0 Å². The molecule has 0 radical (unpaired) electrons. The fourth-order valence-corrected chi connectivity index (χ4v) is 0.966. The Hall–Kier alpha value is 0.0500. The molecular weight excluding hydrogens is 118 g/mol. The average molecular weight is 131 g/mol. The monoisotopic (exact) mass is 131 g/mol. The average Bonchev–Trinajstić information content (AvgIpc) is 1.83. The van der Waals surface area contributed by atoms with Crippen LogP contribution in [0, 0.1) is 0 Å². The van der Waals surface area contributed by atoms with Gasteiger partial charge >= 0.3 is 0 Å². The topological polar surface area (TPSA) is 26.0 Å². The van der Waals surface area contributed by atoms with Crippen LogP contribution >= 0.6 is 11.8 Å². The summed E-state index contributed by atoms with van der Waals surface area (Å²) in [5.74, 6) is 1.03. The molecule has 0 aliphatic carbocycles. The third-order valence-corrected chi connectivity index (χ3v) is 2.02. The first-order chi connectivity index (χ1) is 3.81. The second-order valence-corrected chi connectivity index (χ2v) is 3.09. The molecule has 0 rings (SSSR count). The van der Waals surface area contributed by atoms with Gasteiger partial charge in [0.15, 0.2) is 0 Å². The Kier molecular flexibility index (Phi) is 5.22. The van der Waals surface area contributed by atoms with Crippen molar-refractivity contribution in [1.82, 2.24) is 0 Å².